The molecule has 1 aliphatic rings. The molecular formula is C22H29FN4O2S. The second-order valence-electron chi connectivity index (χ2n) is 7.34. The Labute approximate surface area is 178 Å². The number of aliphatic imine (C=N–C) groups is 1. The fraction of sp³-hybridized carbons (Fsp3) is 0.409. The first-order valence-corrected chi connectivity index (χ1v) is 11.7. The van der Waals surface area contributed by atoms with Gasteiger partial charge in [-0.1, -0.05) is 30.7 Å². The van der Waals surface area contributed by atoms with E-state index in [0.29, 0.717) is 43.5 Å². The lowest BCUT2D eigenvalue weighted by Crippen LogP contribution is -2.38. The van der Waals surface area contributed by atoms with Gasteiger partial charge in [-0.25, -0.2) is 12.8 Å². The summed E-state index contributed by atoms with van der Waals surface area (Å²) in [5.41, 5.74) is 1.77. The van der Waals surface area contributed by atoms with E-state index in [0.717, 1.165) is 30.4 Å². The molecule has 1 saturated heterocycles. The van der Waals surface area contributed by atoms with Crippen LogP contribution in [0.15, 0.2) is 58.4 Å². The Kier molecular flexibility index (Phi) is 7.81. The zero-order chi connectivity index (χ0) is 21.4. The largest absolute Gasteiger partial charge is 0.356 e. The Morgan fingerprint density at radius 1 is 1.03 bits per heavy atom. The Balaban J connectivity index is 1.55. The predicted octanol–water partition coefficient (Wildman–Crippen LogP) is 2.91. The summed E-state index contributed by atoms with van der Waals surface area (Å²) in [4.78, 5) is 4.52. The van der Waals surface area contributed by atoms with E-state index in [1.54, 1.807) is 35.6 Å². The molecule has 2 aromatic carbocycles. The number of halogens is 1. The third-order valence-electron chi connectivity index (χ3n) is 5.13. The summed E-state index contributed by atoms with van der Waals surface area (Å²) in [6.07, 6.45) is 3.58. The monoisotopic (exact) mass is 432 g/mol. The highest BCUT2D eigenvalue weighted by Crippen LogP contribution is 2.21. The maximum Gasteiger partial charge on any atom is 0.243 e. The molecule has 0 atom stereocenters. The minimum atomic E-state index is -3.45. The van der Waals surface area contributed by atoms with Crippen LogP contribution < -0.4 is 10.6 Å². The summed E-state index contributed by atoms with van der Waals surface area (Å²) >= 11 is 0. The highest BCUT2D eigenvalue weighted by Gasteiger charge is 2.25. The Morgan fingerprint density at radius 2 is 1.77 bits per heavy atom. The van der Waals surface area contributed by atoms with Crippen molar-refractivity contribution in [3.05, 3.63) is 65.5 Å². The van der Waals surface area contributed by atoms with Crippen LogP contribution in [0.4, 0.5) is 4.39 Å². The molecule has 0 aromatic heterocycles. The molecule has 0 radical (unpaired) electrons. The van der Waals surface area contributed by atoms with Crippen molar-refractivity contribution < 1.29 is 12.8 Å². The SMILES string of the molecule is CN=C(NCCc1cccc(F)c1)NCc1cccc(S(=O)(=O)N2CCCCC2)c1. The number of nitrogens with one attached hydrogen (secondary N) is 2. The van der Waals surface area contributed by atoms with Crippen molar-refractivity contribution >= 4 is 16.0 Å². The van der Waals surface area contributed by atoms with Crippen LogP contribution in [0, 0.1) is 5.82 Å². The van der Waals surface area contributed by atoms with Crippen molar-refractivity contribution in [3.8, 4) is 0 Å². The molecule has 2 aromatic rings. The van der Waals surface area contributed by atoms with Gasteiger partial charge in [0.2, 0.25) is 10.0 Å². The van der Waals surface area contributed by atoms with Crippen LogP contribution in [-0.2, 0) is 23.0 Å². The topological polar surface area (TPSA) is 73.8 Å². The zero-order valence-corrected chi connectivity index (χ0v) is 18.1. The van der Waals surface area contributed by atoms with E-state index in [4.69, 9.17) is 0 Å². The molecule has 0 spiro atoms. The van der Waals surface area contributed by atoms with Gasteiger partial charge in [0.05, 0.1) is 4.90 Å². The highest BCUT2D eigenvalue weighted by molar-refractivity contribution is 7.89. The fourth-order valence-electron chi connectivity index (χ4n) is 3.49. The summed E-state index contributed by atoms with van der Waals surface area (Å²) < 4.78 is 40.6. The number of rotatable bonds is 7. The van der Waals surface area contributed by atoms with Crippen LogP contribution in [0.25, 0.3) is 0 Å². The standard InChI is InChI=1S/C22H29FN4O2S/c1-24-22(25-12-11-18-7-5-9-20(23)15-18)26-17-19-8-6-10-21(16-19)30(28,29)27-13-3-2-4-14-27/h5-10,15-16H,2-4,11-14,17H2,1H3,(H2,24,25,26). The quantitative estimate of drug-likeness (QED) is 0.521. The molecule has 0 amide bonds. The molecule has 1 aliphatic heterocycles. The first kappa shape index (κ1) is 22.2. The summed E-state index contributed by atoms with van der Waals surface area (Å²) in [6, 6.07) is 13.6. The molecule has 3 rings (SSSR count). The zero-order valence-electron chi connectivity index (χ0n) is 17.3. The summed E-state index contributed by atoms with van der Waals surface area (Å²) in [5.74, 6) is 0.366. The normalized spacial score (nSPS) is 15.7. The van der Waals surface area contributed by atoms with Gasteiger partial charge < -0.3 is 10.6 Å². The van der Waals surface area contributed by atoms with Crippen molar-refractivity contribution in [1.82, 2.24) is 14.9 Å². The molecule has 162 valence electrons. The molecule has 1 fully saturated rings. The molecule has 6 nitrogen and oxygen atoms in total. The second kappa shape index (κ2) is 10.5. The van der Waals surface area contributed by atoms with Gasteiger partial charge in [0.15, 0.2) is 5.96 Å². The number of sulfonamides is 1. The summed E-state index contributed by atoms with van der Waals surface area (Å²) in [6.45, 7) is 2.23. The molecule has 2 N–H and O–H groups in total. The lowest BCUT2D eigenvalue weighted by molar-refractivity contribution is 0.346. The number of hydrogen-bond donors (Lipinski definition) is 2. The van der Waals surface area contributed by atoms with Crippen molar-refractivity contribution in [2.75, 3.05) is 26.7 Å². The van der Waals surface area contributed by atoms with E-state index >= 15 is 0 Å². The maximum atomic E-state index is 13.3. The van der Waals surface area contributed by atoms with Gasteiger partial charge in [-0.2, -0.15) is 4.31 Å². The second-order valence-corrected chi connectivity index (χ2v) is 9.28. The van der Waals surface area contributed by atoms with Gasteiger partial charge in [0, 0.05) is 33.2 Å². The van der Waals surface area contributed by atoms with Gasteiger partial charge in [-0.3, -0.25) is 4.99 Å². The van der Waals surface area contributed by atoms with E-state index < -0.39 is 10.0 Å². The fourth-order valence-corrected chi connectivity index (χ4v) is 5.08. The van der Waals surface area contributed by atoms with Gasteiger partial charge in [0.1, 0.15) is 5.82 Å². The van der Waals surface area contributed by atoms with Crippen molar-refractivity contribution in [2.45, 2.75) is 37.1 Å². The number of guanidine groups is 1. The molecule has 0 aliphatic carbocycles. The van der Waals surface area contributed by atoms with Crippen LogP contribution in [0.1, 0.15) is 30.4 Å². The molecule has 0 bridgehead atoms. The van der Waals surface area contributed by atoms with Crippen LogP contribution in [0.5, 0.6) is 0 Å². The lowest BCUT2D eigenvalue weighted by Gasteiger charge is -2.26. The highest BCUT2D eigenvalue weighted by atomic mass is 32.2. The summed E-state index contributed by atoms with van der Waals surface area (Å²) in [5, 5.41) is 6.39. The first-order chi connectivity index (χ1) is 14.5. The minimum absolute atomic E-state index is 0.241. The van der Waals surface area contributed by atoms with Crippen molar-refractivity contribution in [1.29, 1.82) is 0 Å². The number of piperidine rings is 1. The Hall–Kier alpha value is -2.45. The molecule has 0 saturated carbocycles. The van der Waals surface area contributed by atoms with Crippen LogP contribution >= 0.6 is 0 Å². The Morgan fingerprint density at radius 3 is 2.50 bits per heavy atom. The van der Waals surface area contributed by atoms with Gasteiger partial charge in [-0.15, -0.1) is 0 Å². The Bertz CT molecular complexity index is 973. The molecule has 30 heavy (non-hydrogen) atoms. The van der Waals surface area contributed by atoms with Gasteiger partial charge >= 0.3 is 0 Å². The first-order valence-electron chi connectivity index (χ1n) is 10.3. The van der Waals surface area contributed by atoms with E-state index in [1.165, 1.54) is 12.1 Å². The average molecular weight is 433 g/mol. The molecule has 0 unspecified atom stereocenters. The average Bonchev–Trinajstić information content (AvgIpc) is 2.77. The third kappa shape index (κ3) is 6.03. The van der Waals surface area contributed by atoms with Crippen molar-refractivity contribution in [3.63, 3.8) is 0 Å². The van der Waals surface area contributed by atoms with E-state index in [1.807, 2.05) is 12.1 Å². The maximum absolute atomic E-state index is 13.3. The third-order valence-corrected chi connectivity index (χ3v) is 7.02. The van der Waals surface area contributed by atoms with Crippen molar-refractivity contribution in [2.24, 2.45) is 4.99 Å². The summed E-state index contributed by atoms with van der Waals surface area (Å²) in [7, 11) is -1.77. The smallest absolute Gasteiger partial charge is 0.243 e. The van der Waals surface area contributed by atoms with Gasteiger partial charge in [0.25, 0.3) is 0 Å². The van der Waals surface area contributed by atoms with E-state index in [-0.39, 0.29) is 5.82 Å². The van der Waals surface area contributed by atoms with E-state index in [9.17, 15) is 12.8 Å². The van der Waals surface area contributed by atoms with Crippen LogP contribution in [0.2, 0.25) is 0 Å². The van der Waals surface area contributed by atoms with E-state index in [2.05, 4.69) is 15.6 Å². The van der Waals surface area contributed by atoms with Gasteiger partial charge in [-0.05, 0) is 54.7 Å². The number of nitrogens with zero attached hydrogens (tertiary/aromatic N) is 2. The minimum Gasteiger partial charge on any atom is -0.356 e. The molecule has 1 heterocycles. The number of hydrogen-bond acceptors (Lipinski definition) is 3. The molecule has 8 heteroatoms. The predicted molar refractivity (Wildman–Crippen MR) is 117 cm³/mol. The number of benzene rings is 2. The van der Waals surface area contributed by atoms with Crippen LogP contribution in [0.3, 0.4) is 0 Å². The van der Waals surface area contributed by atoms with Crippen LogP contribution in [-0.4, -0.2) is 45.4 Å². The molecular weight excluding hydrogens is 403 g/mol. The lowest BCUT2D eigenvalue weighted by atomic mass is 10.1.